The highest BCUT2D eigenvalue weighted by Gasteiger charge is 2.36. The van der Waals surface area contributed by atoms with Crippen molar-refractivity contribution < 1.29 is 19.1 Å². The maximum atomic E-state index is 11.8. The van der Waals surface area contributed by atoms with Gasteiger partial charge in [0, 0.05) is 23.5 Å². The van der Waals surface area contributed by atoms with E-state index in [0.717, 1.165) is 43.5 Å². The molecule has 23 heavy (non-hydrogen) atoms. The van der Waals surface area contributed by atoms with E-state index < -0.39 is 0 Å². The fraction of sp³-hybridized carbons (Fsp3) is 0.647. The molecule has 6 heteroatoms. The third-order valence-corrected chi connectivity index (χ3v) is 4.00. The van der Waals surface area contributed by atoms with Crippen LogP contribution in [0.15, 0.2) is 23.5 Å². The normalized spacial score (nSPS) is 21.0. The Morgan fingerprint density at radius 1 is 1.57 bits per heavy atom. The summed E-state index contributed by atoms with van der Waals surface area (Å²) in [5.74, 6) is -0.354. The minimum absolute atomic E-state index is 0.196. The predicted octanol–water partition coefficient (Wildman–Crippen LogP) is 2.71. The quantitative estimate of drug-likeness (QED) is 0.576. The zero-order valence-electron chi connectivity index (χ0n) is 14.1. The third kappa shape index (κ3) is 4.74. The Morgan fingerprint density at radius 2 is 2.35 bits per heavy atom. The molecule has 0 aromatic carbocycles. The molecule has 0 saturated carbocycles. The monoisotopic (exact) mass is 322 g/mol. The minimum atomic E-state index is -0.354. The number of carbonyl (C=O) groups is 2. The number of amides is 1. The van der Waals surface area contributed by atoms with Crippen LogP contribution in [0.5, 0.6) is 0 Å². The molecule has 2 aliphatic rings. The molecule has 0 aromatic heterocycles. The molecule has 2 heterocycles. The molecule has 6 nitrogen and oxygen atoms in total. The smallest absolute Gasteiger partial charge is 0.414 e. The summed E-state index contributed by atoms with van der Waals surface area (Å²) in [6.45, 7) is 4.55. The van der Waals surface area contributed by atoms with Crippen molar-refractivity contribution in [2.75, 3.05) is 13.7 Å². The van der Waals surface area contributed by atoms with Crippen molar-refractivity contribution in [3.63, 3.8) is 0 Å². The molecule has 2 aliphatic heterocycles. The van der Waals surface area contributed by atoms with Crippen molar-refractivity contribution in [3.05, 3.63) is 23.5 Å². The fourth-order valence-corrected chi connectivity index (χ4v) is 3.01. The van der Waals surface area contributed by atoms with Gasteiger partial charge in [-0.05, 0) is 46.0 Å². The predicted molar refractivity (Wildman–Crippen MR) is 86.5 cm³/mol. The lowest BCUT2D eigenvalue weighted by molar-refractivity contribution is -0.134. The standard InChI is InChI=1S/C17H26N2O4/c1-12(2)18-13(10-16(20)22-3)6-4-7-14-8-5-9-15-11-23-17(21)19(14)15/h8,10,12,15,18H,4-7,9,11H2,1-3H3/b13-10+/t15-/m0/s1. The Hall–Kier alpha value is -1.98. The van der Waals surface area contributed by atoms with Gasteiger partial charge in [-0.3, -0.25) is 4.90 Å². The van der Waals surface area contributed by atoms with Crippen LogP contribution in [0, 0.1) is 0 Å². The average Bonchev–Trinajstić information content (AvgIpc) is 2.89. The number of carbonyl (C=O) groups excluding carboxylic acids is 2. The van der Waals surface area contributed by atoms with Crippen molar-refractivity contribution in [1.29, 1.82) is 0 Å². The average molecular weight is 322 g/mol. The van der Waals surface area contributed by atoms with Crippen molar-refractivity contribution in [3.8, 4) is 0 Å². The molecule has 1 N–H and O–H groups in total. The molecule has 1 saturated heterocycles. The second-order valence-corrected chi connectivity index (χ2v) is 6.22. The van der Waals surface area contributed by atoms with E-state index in [-0.39, 0.29) is 24.1 Å². The molecular weight excluding hydrogens is 296 g/mol. The molecular formula is C17H26N2O4. The van der Waals surface area contributed by atoms with Crippen LogP contribution < -0.4 is 5.32 Å². The Bertz CT molecular complexity index is 511. The SMILES string of the molecule is COC(=O)/C=C(\CCCC1=CCC[C@H]2COC(=O)N12)NC(C)C. The van der Waals surface area contributed by atoms with Gasteiger partial charge in [-0.25, -0.2) is 9.59 Å². The van der Waals surface area contributed by atoms with Crippen LogP contribution >= 0.6 is 0 Å². The zero-order valence-corrected chi connectivity index (χ0v) is 14.1. The largest absolute Gasteiger partial charge is 0.466 e. The lowest BCUT2D eigenvalue weighted by Gasteiger charge is -2.28. The molecule has 0 radical (unpaired) electrons. The third-order valence-electron chi connectivity index (χ3n) is 4.00. The van der Waals surface area contributed by atoms with Gasteiger partial charge in [-0.1, -0.05) is 6.08 Å². The van der Waals surface area contributed by atoms with E-state index in [1.165, 1.54) is 13.2 Å². The summed E-state index contributed by atoms with van der Waals surface area (Å²) in [6, 6.07) is 0.444. The van der Waals surface area contributed by atoms with Gasteiger partial charge in [0.15, 0.2) is 0 Å². The molecule has 1 atom stereocenters. The maximum absolute atomic E-state index is 11.8. The molecule has 0 aliphatic carbocycles. The molecule has 0 unspecified atom stereocenters. The summed E-state index contributed by atoms with van der Waals surface area (Å²) >= 11 is 0. The number of nitrogens with zero attached hydrogens (tertiary/aromatic N) is 1. The lowest BCUT2D eigenvalue weighted by Crippen LogP contribution is -2.35. The van der Waals surface area contributed by atoms with E-state index in [1.807, 2.05) is 13.8 Å². The van der Waals surface area contributed by atoms with Crippen molar-refractivity contribution in [1.82, 2.24) is 10.2 Å². The van der Waals surface area contributed by atoms with E-state index in [9.17, 15) is 9.59 Å². The van der Waals surface area contributed by atoms with Gasteiger partial charge in [0.05, 0.1) is 13.2 Å². The first-order valence-corrected chi connectivity index (χ1v) is 8.21. The number of nitrogens with one attached hydrogen (secondary N) is 1. The first-order valence-electron chi connectivity index (χ1n) is 8.21. The van der Waals surface area contributed by atoms with Gasteiger partial charge in [0.2, 0.25) is 0 Å². The van der Waals surface area contributed by atoms with Crippen LogP contribution in [-0.2, 0) is 14.3 Å². The van der Waals surface area contributed by atoms with Gasteiger partial charge >= 0.3 is 12.1 Å². The fourth-order valence-electron chi connectivity index (χ4n) is 3.01. The number of hydrogen-bond donors (Lipinski definition) is 1. The molecule has 1 amide bonds. The van der Waals surface area contributed by atoms with Gasteiger partial charge in [-0.15, -0.1) is 0 Å². The highest BCUT2D eigenvalue weighted by Crippen LogP contribution is 2.30. The highest BCUT2D eigenvalue weighted by molar-refractivity contribution is 5.82. The summed E-state index contributed by atoms with van der Waals surface area (Å²) in [5, 5.41) is 3.27. The Balaban J connectivity index is 1.91. The van der Waals surface area contributed by atoms with Crippen molar-refractivity contribution in [2.24, 2.45) is 0 Å². The summed E-state index contributed by atoms with van der Waals surface area (Å²) in [6.07, 6.45) is 7.74. The van der Waals surface area contributed by atoms with E-state index in [2.05, 4.69) is 11.4 Å². The number of rotatable bonds is 7. The molecule has 2 rings (SSSR count). The second-order valence-electron chi connectivity index (χ2n) is 6.22. The van der Waals surface area contributed by atoms with Gasteiger partial charge in [-0.2, -0.15) is 0 Å². The molecule has 0 bridgehead atoms. The Morgan fingerprint density at radius 3 is 3.04 bits per heavy atom. The first-order chi connectivity index (χ1) is 11.0. The van der Waals surface area contributed by atoms with Crippen molar-refractivity contribution in [2.45, 2.75) is 58.0 Å². The van der Waals surface area contributed by atoms with E-state index in [0.29, 0.717) is 6.61 Å². The second kappa shape index (κ2) is 8.04. The van der Waals surface area contributed by atoms with Crippen LogP contribution in [-0.4, -0.2) is 42.8 Å². The maximum Gasteiger partial charge on any atom is 0.414 e. The molecule has 128 valence electrons. The summed E-state index contributed by atoms with van der Waals surface area (Å²) < 4.78 is 9.83. The van der Waals surface area contributed by atoms with Gasteiger partial charge in [0.1, 0.15) is 6.61 Å². The highest BCUT2D eigenvalue weighted by atomic mass is 16.6. The lowest BCUT2D eigenvalue weighted by atomic mass is 10.0. The van der Waals surface area contributed by atoms with Crippen LogP contribution in [0.3, 0.4) is 0 Å². The number of hydrogen-bond acceptors (Lipinski definition) is 5. The molecule has 0 aromatic rings. The van der Waals surface area contributed by atoms with Gasteiger partial charge < -0.3 is 14.8 Å². The summed E-state index contributed by atoms with van der Waals surface area (Å²) in [7, 11) is 1.37. The summed E-state index contributed by atoms with van der Waals surface area (Å²) in [4.78, 5) is 25.1. The molecule has 1 fully saturated rings. The van der Waals surface area contributed by atoms with Crippen molar-refractivity contribution >= 4 is 12.1 Å². The van der Waals surface area contributed by atoms with Gasteiger partial charge in [0.25, 0.3) is 0 Å². The number of fused-ring (bicyclic) bond motifs is 1. The van der Waals surface area contributed by atoms with E-state index >= 15 is 0 Å². The van der Waals surface area contributed by atoms with Crippen LogP contribution in [0.2, 0.25) is 0 Å². The number of esters is 1. The van der Waals surface area contributed by atoms with Crippen LogP contribution in [0.4, 0.5) is 4.79 Å². The van der Waals surface area contributed by atoms with Crippen LogP contribution in [0.25, 0.3) is 0 Å². The number of methoxy groups -OCH3 is 1. The first kappa shape index (κ1) is 17.4. The van der Waals surface area contributed by atoms with E-state index in [4.69, 9.17) is 9.47 Å². The number of allylic oxidation sites excluding steroid dienone is 3. The Labute approximate surface area is 137 Å². The minimum Gasteiger partial charge on any atom is -0.466 e. The molecule has 0 spiro atoms. The number of cyclic esters (lactones) is 1. The topological polar surface area (TPSA) is 67.9 Å². The Kier molecular flexibility index (Phi) is 6.07. The number of ether oxygens (including phenoxy) is 2. The van der Waals surface area contributed by atoms with Crippen LogP contribution in [0.1, 0.15) is 46.0 Å². The van der Waals surface area contributed by atoms with E-state index in [1.54, 1.807) is 4.90 Å². The zero-order chi connectivity index (χ0) is 16.8. The summed E-state index contributed by atoms with van der Waals surface area (Å²) in [5.41, 5.74) is 1.91.